The first kappa shape index (κ1) is 18.4. The van der Waals surface area contributed by atoms with E-state index in [1.165, 1.54) is 0 Å². The fourth-order valence-corrected chi connectivity index (χ4v) is 2.57. The monoisotopic (exact) mass is 363 g/mol. The average Bonchev–Trinajstić information content (AvgIpc) is 2.70. The molecule has 0 unspecified atom stereocenters. The summed E-state index contributed by atoms with van der Waals surface area (Å²) in [6.07, 6.45) is 0. The molecule has 6 nitrogen and oxygen atoms in total. The summed E-state index contributed by atoms with van der Waals surface area (Å²) in [5.74, 6) is -0.524. The van der Waals surface area contributed by atoms with Gasteiger partial charge in [-0.2, -0.15) is 0 Å². The summed E-state index contributed by atoms with van der Waals surface area (Å²) in [4.78, 5) is 35.1. The molecule has 6 heteroatoms. The zero-order valence-corrected chi connectivity index (χ0v) is 15.3. The maximum absolute atomic E-state index is 12.7. The molecule has 0 bridgehead atoms. The van der Waals surface area contributed by atoms with Crippen molar-refractivity contribution in [2.24, 2.45) is 0 Å². The minimum atomic E-state index is -0.570. The lowest BCUT2D eigenvalue weighted by molar-refractivity contribution is 0.0794. The number of rotatable bonds is 6. The van der Waals surface area contributed by atoms with E-state index in [-0.39, 0.29) is 12.3 Å². The van der Waals surface area contributed by atoms with E-state index in [2.05, 4.69) is 10.3 Å². The molecule has 3 aromatic rings. The van der Waals surface area contributed by atoms with Crippen LogP contribution in [0.1, 0.15) is 33.0 Å². The maximum atomic E-state index is 12.7. The minimum absolute atomic E-state index is 0.179. The predicted octanol–water partition coefficient (Wildman–Crippen LogP) is 2.42. The Kier molecular flexibility index (Phi) is 5.66. The molecule has 27 heavy (non-hydrogen) atoms. The number of hydrogen-bond acceptors (Lipinski definition) is 4. The van der Waals surface area contributed by atoms with E-state index in [0.717, 1.165) is 15.9 Å². The zero-order chi connectivity index (χ0) is 19.2. The highest BCUT2D eigenvalue weighted by atomic mass is 16.7. The maximum Gasteiger partial charge on any atom is 0.314 e. The minimum Gasteiger partial charge on any atom is -0.406 e. The van der Waals surface area contributed by atoms with Crippen LogP contribution in [0.4, 0.5) is 0 Å². The quantitative estimate of drug-likeness (QED) is 0.730. The average molecular weight is 363 g/mol. The molecule has 2 aromatic carbocycles. The molecule has 0 fully saturated rings. The molecule has 0 saturated heterocycles. The molecule has 1 N–H and O–H groups in total. The molecule has 0 spiro atoms. The molecule has 0 aliphatic heterocycles. The molecular weight excluding hydrogens is 342 g/mol. The van der Waals surface area contributed by atoms with Crippen LogP contribution >= 0.6 is 0 Å². The Morgan fingerprint density at radius 1 is 1.00 bits per heavy atom. The topological polar surface area (TPSA) is 73.2 Å². The van der Waals surface area contributed by atoms with E-state index in [1.807, 2.05) is 60.7 Å². The van der Waals surface area contributed by atoms with Crippen LogP contribution in [0.5, 0.6) is 0 Å². The number of nitrogens with one attached hydrogen (secondary N) is 1. The molecule has 1 amide bonds. The number of aryl methyl sites for hydroxylation is 1. The molecule has 0 atom stereocenters. The third-order valence-electron chi connectivity index (χ3n) is 4.21. The van der Waals surface area contributed by atoms with Gasteiger partial charge in [-0.15, -0.1) is 4.73 Å². The van der Waals surface area contributed by atoms with Gasteiger partial charge in [-0.3, -0.25) is 9.59 Å². The Labute approximate surface area is 157 Å². The number of nitrogens with zero attached hydrogens (tertiary/aromatic N) is 2. The Balaban J connectivity index is 1.80. The first-order valence-corrected chi connectivity index (χ1v) is 8.66. The smallest absolute Gasteiger partial charge is 0.314 e. The van der Waals surface area contributed by atoms with E-state index in [9.17, 15) is 9.59 Å². The van der Waals surface area contributed by atoms with Gasteiger partial charge in [0.1, 0.15) is 6.61 Å². The molecule has 0 radical (unpaired) electrons. The highest BCUT2D eigenvalue weighted by molar-refractivity contribution is 5.91. The second-order valence-electron chi connectivity index (χ2n) is 6.16. The van der Waals surface area contributed by atoms with Crippen LogP contribution in [0.25, 0.3) is 0 Å². The molecular formula is C21H21N3O3. The summed E-state index contributed by atoms with van der Waals surface area (Å²) in [6.45, 7) is 4.01. The van der Waals surface area contributed by atoms with E-state index in [4.69, 9.17) is 4.84 Å². The lowest BCUT2D eigenvalue weighted by atomic mass is 10.2. The Morgan fingerprint density at radius 2 is 1.59 bits per heavy atom. The van der Waals surface area contributed by atoms with Crippen molar-refractivity contribution >= 4 is 5.91 Å². The van der Waals surface area contributed by atoms with Gasteiger partial charge in [0.15, 0.2) is 5.69 Å². The van der Waals surface area contributed by atoms with Gasteiger partial charge in [-0.05, 0) is 25.0 Å². The number of hydrogen-bond donors (Lipinski definition) is 1. The van der Waals surface area contributed by atoms with Crippen LogP contribution in [-0.2, 0) is 13.2 Å². The molecule has 0 aliphatic rings. The van der Waals surface area contributed by atoms with Crippen molar-refractivity contribution in [2.45, 2.75) is 27.0 Å². The van der Waals surface area contributed by atoms with Crippen LogP contribution in [0, 0.1) is 13.8 Å². The van der Waals surface area contributed by atoms with Crippen LogP contribution in [-0.4, -0.2) is 15.6 Å². The van der Waals surface area contributed by atoms with Crippen LogP contribution in [0.2, 0.25) is 0 Å². The van der Waals surface area contributed by atoms with E-state index < -0.39 is 11.5 Å². The number of benzene rings is 2. The largest absolute Gasteiger partial charge is 0.406 e. The summed E-state index contributed by atoms with van der Waals surface area (Å²) in [5.41, 5.74) is 2.24. The first-order chi connectivity index (χ1) is 13.1. The highest BCUT2D eigenvalue weighted by Crippen LogP contribution is 2.04. The lowest BCUT2D eigenvalue weighted by Gasteiger charge is -2.14. The van der Waals surface area contributed by atoms with Gasteiger partial charge < -0.3 is 10.2 Å². The van der Waals surface area contributed by atoms with Crippen molar-refractivity contribution in [2.75, 3.05) is 0 Å². The zero-order valence-electron chi connectivity index (χ0n) is 15.3. The third-order valence-corrected chi connectivity index (χ3v) is 4.21. The molecule has 1 heterocycles. The van der Waals surface area contributed by atoms with Crippen molar-refractivity contribution in [1.29, 1.82) is 0 Å². The SMILES string of the molecule is Cc1nc(C(=O)NCc2ccccc2)c(=O)n(OCc2ccccc2)c1C. The fourth-order valence-electron chi connectivity index (χ4n) is 2.57. The number of carbonyl (C=O) groups excluding carboxylic acids is 1. The summed E-state index contributed by atoms with van der Waals surface area (Å²) in [7, 11) is 0. The summed E-state index contributed by atoms with van der Waals surface area (Å²) in [5, 5.41) is 2.73. The van der Waals surface area contributed by atoms with Gasteiger partial charge in [0.2, 0.25) is 0 Å². The van der Waals surface area contributed by atoms with Crippen molar-refractivity contribution < 1.29 is 9.63 Å². The van der Waals surface area contributed by atoms with Crippen LogP contribution in [0.15, 0.2) is 65.5 Å². The number of aromatic nitrogens is 2. The second kappa shape index (κ2) is 8.31. The number of carbonyl (C=O) groups is 1. The normalized spacial score (nSPS) is 10.4. The molecule has 1 aromatic heterocycles. The van der Waals surface area contributed by atoms with E-state index >= 15 is 0 Å². The molecule has 0 aliphatic carbocycles. The van der Waals surface area contributed by atoms with Gasteiger partial charge in [0, 0.05) is 6.54 Å². The summed E-state index contributed by atoms with van der Waals surface area (Å²) >= 11 is 0. The van der Waals surface area contributed by atoms with Gasteiger partial charge in [0.25, 0.3) is 5.91 Å². The molecule has 138 valence electrons. The number of amides is 1. The standard InChI is InChI=1S/C21H21N3O3/c1-15-16(2)24(27-14-18-11-7-4-8-12-18)21(26)19(23-15)20(25)22-13-17-9-5-3-6-10-17/h3-12H,13-14H2,1-2H3,(H,22,25). The van der Waals surface area contributed by atoms with Gasteiger partial charge in [-0.25, -0.2) is 4.98 Å². The fraction of sp³-hybridized carbons (Fsp3) is 0.190. The first-order valence-electron chi connectivity index (χ1n) is 8.66. The molecule has 0 saturated carbocycles. The van der Waals surface area contributed by atoms with Gasteiger partial charge in [-0.1, -0.05) is 60.7 Å². The van der Waals surface area contributed by atoms with E-state index in [1.54, 1.807) is 13.8 Å². The van der Waals surface area contributed by atoms with Crippen LogP contribution in [0.3, 0.4) is 0 Å². The highest BCUT2D eigenvalue weighted by Gasteiger charge is 2.18. The Bertz CT molecular complexity index is 983. The van der Waals surface area contributed by atoms with Crippen molar-refractivity contribution in [3.8, 4) is 0 Å². The van der Waals surface area contributed by atoms with Crippen molar-refractivity contribution in [3.05, 3.63) is 99.2 Å². The van der Waals surface area contributed by atoms with E-state index in [0.29, 0.717) is 17.9 Å². The Hall–Kier alpha value is -3.41. The van der Waals surface area contributed by atoms with Crippen LogP contribution < -0.4 is 15.7 Å². The summed E-state index contributed by atoms with van der Waals surface area (Å²) in [6, 6.07) is 19.0. The van der Waals surface area contributed by atoms with Gasteiger partial charge in [0.05, 0.1) is 11.4 Å². The second-order valence-corrected chi connectivity index (χ2v) is 6.16. The summed E-state index contributed by atoms with van der Waals surface area (Å²) < 4.78 is 1.15. The van der Waals surface area contributed by atoms with Crippen molar-refractivity contribution in [3.63, 3.8) is 0 Å². The van der Waals surface area contributed by atoms with Gasteiger partial charge >= 0.3 is 5.56 Å². The Morgan fingerprint density at radius 3 is 2.22 bits per heavy atom. The molecule has 3 rings (SSSR count). The van der Waals surface area contributed by atoms with Crippen molar-refractivity contribution in [1.82, 2.24) is 15.0 Å². The lowest BCUT2D eigenvalue weighted by Crippen LogP contribution is -2.38. The predicted molar refractivity (Wildman–Crippen MR) is 102 cm³/mol. The third kappa shape index (κ3) is 4.41.